The Hall–Kier alpha value is -0.170. The van der Waals surface area contributed by atoms with Crippen LogP contribution in [0.1, 0.15) is 71.1 Å². The van der Waals surface area contributed by atoms with Crippen molar-refractivity contribution < 1.29 is 23.7 Å². The zero-order chi connectivity index (χ0) is 19.1. The Bertz CT molecular complexity index is 289. The van der Waals surface area contributed by atoms with Crippen molar-refractivity contribution in [1.82, 2.24) is 0 Å². The van der Waals surface area contributed by atoms with Crippen LogP contribution in [0.3, 0.4) is 0 Å². The Balaban J connectivity index is 3.13. The first-order chi connectivity index (χ1) is 12.8. The van der Waals surface area contributed by atoms with Crippen LogP contribution in [0, 0.1) is 0 Å². The minimum Gasteiger partial charge on any atom is -0.463 e. The van der Waals surface area contributed by atoms with Gasteiger partial charge in [-0.05, 0) is 6.42 Å². The number of halogens is 1. The SMILES string of the molecule is CCCCCCCCCCCC(=O)OCCOCCOCCOCCBr. The fourth-order valence-corrected chi connectivity index (χ4v) is 2.69. The number of carbonyl (C=O) groups is 1. The van der Waals surface area contributed by atoms with Crippen molar-refractivity contribution >= 4 is 21.9 Å². The van der Waals surface area contributed by atoms with Crippen LogP contribution in [0.5, 0.6) is 0 Å². The highest BCUT2D eigenvalue weighted by molar-refractivity contribution is 9.09. The molecule has 0 unspecified atom stereocenters. The highest BCUT2D eigenvalue weighted by atomic mass is 79.9. The molecule has 156 valence electrons. The molecule has 5 nitrogen and oxygen atoms in total. The molecule has 0 heterocycles. The molecule has 0 aromatic rings. The molecule has 0 saturated carbocycles. The molecule has 0 aliphatic carbocycles. The molecule has 0 spiro atoms. The average molecular weight is 439 g/mol. The first-order valence-electron chi connectivity index (χ1n) is 10.3. The van der Waals surface area contributed by atoms with Gasteiger partial charge in [0.1, 0.15) is 6.61 Å². The van der Waals surface area contributed by atoms with Gasteiger partial charge in [0, 0.05) is 11.8 Å². The van der Waals surface area contributed by atoms with Crippen LogP contribution in [0.15, 0.2) is 0 Å². The van der Waals surface area contributed by atoms with E-state index < -0.39 is 0 Å². The molecule has 0 aliphatic rings. The summed E-state index contributed by atoms with van der Waals surface area (Å²) in [5, 5.41) is 0.841. The van der Waals surface area contributed by atoms with Crippen LogP contribution in [-0.4, -0.2) is 57.5 Å². The number of hydrogen-bond acceptors (Lipinski definition) is 5. The van der Waals surface area contributed by atoms with Gasteiger partial charge in [-0.1, -0.05) is 74.2 Å². The van der Waals surface area contributed by atoms with Crippen molar-refractivity contribution in [3.8, 4) is 0 Å². The molecular weight excluding hydrogens is 400 g/mol. The van der Waals surface area contributed by atoms with Crippen LogP contribution in [0.25, 0.3) is 0 Å². The van der Waals surface area contributed by atoms with E-state index in [0.717, 1.165) is 18.2 Å². The zero-order valence-electron chi connectivity index (χ0n) is 16.6. The van der Waals surface area contributed by atoms with Gasteiger partial charge in [-0.3, -0.25) is 4.79 Å². The van der Waals surface area contributed by atoms with Crippen molar-refractivity contribution in [2.24, 2.45) is 0 Å². The Kier molecular flexibility index (Phi) is 22.7. The largest absolute Gasteiger partial charge is 0.463 e. The smallest absolute Gasteiger partial charge is 0.305 e. The molecule has 0 aliphatic heterocycles. The van der Waals surface area contributed by atoms with Gasteiger partial charge in [0.2, 0.25) is 0 Å². The molecule has 0 fully saturated rings. The molecule has 0 bridgehead atoms. The van der Waals surface area contributed by atoms with Gasteiger partial charge in [0.15, 0.2) is 0 Å². The van der Waals surface area contributed by atoms with E-state index in [2.05, 4.69) is 22.9 Å². The summed E-state index contributed by atoms with van der Waals surface area (Å²) < 4.78 is 21.1. The predicted molar refractivity (Wildman–Crippen MR) is 109 cm³/mol. The van der Waals surface area contributed by atoms with Gasteiger partial charge in [0.05, 0.1) is 39.6 Å². The molecule has 0 aromatic carbocycles. The topological polar surface area (TPSA) is 54.0 Å². The summed E-state index contributed by atoms with van der Waals surface area (Å²) in [5.74, 6) is -0.114. The summed E-state index contributed by atoms with van der Waals surface area (Å²) in [6, 6.07) is 0. The maximum atomic E-state index is 11.6. The Morgan fingerprint density at radius 2 is 1.12 bits per heavy atom. The highest BCUT2D eigenvalue weighted by Gasteiger charge is 2.02. The fourth-order valence-electron chi connectivity index (χ4n) is 2.46. The Labute approximate surface area is 168 Å². The van der Waals surface area contributed by atoms with Gasteiger partial charge in [-0.15, -0.1) is 0 Å². The molecule has 6 heteroatoms. The lowest BCUT2D eigenvalue weighted by molar-refractivity contribution is -0.145. The summed E-state index contributed by atoms with van der Waals surface area (Å²) in [5.41, 5.74) is 0. The van der Waals surface area contributed by atoms with Crippen LogP contribution in [-0.2, 0) is 23.7 Å². The van der Waals surface area contributed by atoms with E-state index >= 15 is 0 Å². The fraction of sp³-hybridized carbons (Fsp3) is 0.950. The maximum Gasteiger partial charge on any atom is 0.305 e. The van der Waals surface area contributed by atoms with Crippen LogP contribution >= 0.6 is 15.9 Å². The third-order valence-electron chi connectivity index (χ3n) is 3.94. The van der Waals surface area contributed by atoms with Gasteiger partial charge in [0.25, 0.3) is 0 Å². The summed E-state index contributed by atoms with van der Waals surface area (Å²) in [6.45, 7) is 5.90. The average Bonchev–Trinajstić information content (AvgIpc) is 2.64. The highest BCUT2D eigenvalue weighted by Crippen LogP contribution is 2.10. The lowest BCUT2D eigenvalue weighted by Gasteiger charge is -2.07. The second-order valence-electron chi connectivity index (χ2n) is 6.32. The van der Waals surface area contributed by atoms with Crippen molar-refractivity contribution in [2.75, 3.05) is 51.6 Å². The van der Waals surface area contributed by atoms with E-state index in [1.165, 1.54) is 44.9 Å². The standard InChI is InChI=1S/C20H39BrO5/c1-2-3-4-5-6-7-8-9-10-11-20(22)26-19-18-25-17-16-24-15-14-23-13-12-21/h2-19H2,1H3. The molecule has 0 radical (unpaired) electrons. The molecule has 0 rings (SSSR count). The van der Waals surface area contributed by atoms with Crippen molar-refractivity contribution in [2.45, 2.75) is 71.1 Å². The Morgan fingerprint density at radius 1 is 0.654 bits per heavy atom. The van der Waals surface area contributed by atoms with Crippen LogP contribution < -0.4 is 0 Å². The first kappa shape index (κ1) is 25.8. The van der Waals surface area contributed by atoms with E-state index in [-0.39, 0.29) is 5.97 Å². The molecule has 26 heavy (non-hydrogen) atoms. The van der Waals surface area contributed by atoms with E-state index in [4.69, 9.17) is 18.9 Å². The van der Waals surface area contributed by atoms with Crippen LogP contribution in [0.4, 0.5) is 0 Å². The first-order valence-corrected chi connectivity index (χ1v) is 11.4. The Morgan fingerprint density at radius 3 is 1.65 bits per heavy atom. The summed E-state index contributed by atoms with van der Waals surface area (Å²) >= 11 is 3.29. The number of carbonyl (C=O) groups excluding carboxylic acids is 1. The predicted octanol–water partition coefficient (Wildman–Crippen LogP) is 4.90. The lowest BCUT2D eigenvalue weighted by atomic mass is 10.1. The summed E-state index contributed by atoms with van der Waals surface area (Å²) in [4.78, 5) is 11.6. The number of esters is 1. The minimum atomic E-state index is -0.114. The number of ether oxygens (including phenoxy) is 4. The van der Waals surface area contributed by atoms with Crippen molar-refractivity contribution in [3.63, 3.8) is 0 Å². The number of hydrogen-bond donors (Lipinski definition) is 0. The molecule has 0 amide bonds. The normalized spacial score (nSPS) is 11.0. The maximum absolute atomic E-state index is 11.6. The van der Waals surface area contributed by atoms with Crippen LogP contribution in [0.2, 0.25) is 0 Å². The lowest BCUT2D eigenvalue weighted by Crippen LogP contribution is -2.14. The van der Waals surface area contributed by atoms with Gasteiger partial charge < -0.3 is 18.9 Å². The molecular formula is C20H39BrO5. The van der Waals surface area contributed by atoms with Crippen molar-refractivity contribution in [3.05, 3.63) is 0 Å². The van der Waals surface area contributed by atoms with E-state index in [1.54, 1.807) is 0 Å². The number of unbranched alkanes of at least 4 members (excludes halogenated alkanes) is 8. The summed E-state index contributed by atoms with van der Waals surface area (Å²) in [6.07, 6.45) is 11.8. The van der Waals surface area contributed by atoms with Gasteiger partial charge >= 0.3 is 5.97 Å². The molecule has 0 atom stereocenters. The third-order valence-corrected chi connectivity index (χ3v) is 4.26. The summed E-state index contributed by atoms with van der Waals surface area (Å²) in [7, 11) is 0. The zero-order valence-corrected chi connectivity index (χ0v) is 18.2. The molecule has 0 N–H and O–H groups in total. The molecule has 0 aromatic heterocycles. The molecule has 0 saturated heterocycles. The van der Waals surface area contributed by atoms with Gasteiger partial charge in [-0.25, -0.2) is 0 Å². The van der Waals surface area contributed by atoms with Crippen molar-refractivity contribution in [1.29, 1.82) is 0 Å². The third kappa shape index (κ3) is 21.9. The quantitative estimate of drug-likeness (QED) is 0.145. The van der Waals surface area contributed by atoms with E-state index in [1.807, 2.05) is 0 Å². The second kappa shape index (κ2) is 22.9. The minimum absolute atomic E-state index is 0.114. The van der Waals surface area contributed by atoms with E-state index in [0.29, 0.717) is 52.7 Å². The number of alkyl halides is 1. The second-order valence-corrected chi connectivity index (χ2v) is 7.12. The van der Waals surface area contributed by atoms with E-state index in [9.17, 15) is 4.79 Å². The van der Waals surface area contributed by atoms with Gasteiger partial charge in [-0.2, -0.15) is 0 Å². The monoisotopic (exact) mass is 438 g/mol. The number of rotatable bonds is 21.